The third-order valence-corrected chi connectivity index (χ3v) is 7.28. The van der Waals surface area contributed by atoms with Crippen molar-refractivity contribution in [2.24, 2.45) is 0 Å². The molecule has 2 aromatic heterocycles. The SMILES string of the molecule is O=C(CCc1ccc(F)cc1F)c1cn2c(c(O)c1=O)C(=O)N(Cc1ccc3c(c1)OCCO3)CN2Cc1ccccn1. The average molecular weight is 589 g/mol. The van der Waals surface area contributed by atoms with Gasteiger partial charge < -0.3 is 19.5 Å². The number of hydrogen-bond donors (Lipinski definition) is 1. The third kappa shape index (κ3) is 5.63. The lowest BCUT2D eigenvalue weighted by atomic mass is 10.0. The Kier molecular flexibility index (Phi) is 7.49. The average Bonchev–Trinajstić information content (AvgIpc) is 3.00. The largest absolute Gasteiger partial charge is 0.502 e. The predicted octanol–water partition coefficient (Wildman–Crippen LogP) is 3.57. The highest BCUT2D eigenvalue weighted by Crippen LogP contribution is 2.32. The van der Waals surface area contributed by atoms with E-state index in [1.54, 1.807) is 47.6 Å². The van der Waals surface area contributed by atoms with Crippen molar-refractivity contribution in [2.75, 3.05) is 24.9 Å². The molecular weight excluding hydrogens is 562 g/mol. The number of aromatic nitrogens is 2. The number of fused-ring (bicyclic) bond motifs is 2. The van der Waals surface area contributed by atoms with E-state index < -0.39 is 34.5 Å². The molecule has 6 rings (SSSR count). The lowest BCUT2D eigenvalue weighted by Gasteiger charge is -2.39. The third-order valence-electron chi connectivity index (χ3n) is 7.28. The van der Waals surface area contributed by atoms with Gasteiger partial charge in [-0.3, -0.25) is 29.1 Å². The first-order chi connectivity index (χ1) is 20.8. The number of ether oxygens (including phenoxy) is 2. The predicted molar refractivity (Wildman–Crippen MR) is 150 cm³/mol. The van der Waals surface area contributed by atoms with E-state index in [9.17, 15) is 28.3 Å². The number of nitrogens with zero attached hydrogens (tertiary/aromatic N) is 4. The zero-order valence-electron chi connectivity index (χ0n) is 22.8. The van der Waals surface area contributed by atoms with Crippen LogP contribution in [0.4, 0.5) is 8.78 Å². The number of carbonyl (C=O) groups is 2. The van der Waals surface area contributed by atoms with Gasteiger partial charge in [0.1, 0.15) is 31.5 Å². The number of aryl methyl sites for hydroxylation is 1. The Bertz CT molecular complexity index is 1780. The molecule has 12 heteroatoms. The van der Waals surface area contributed by atoms with E-state index in [0.717, 1.165) is 17.7 Å². The smallest absolute Gasteiger partial charge is 0.278 e. The molecule has 43 heavy (non-hydrogen) atoms. The van der Waals surface area contributed by atoms with Gasteiger partial charge in [0.15, 0.2) is 28.7 Å². The Morgan fingerprint density at radius 1 is 0.977 bits per heavy atom. The highest BCUT2D eigenvalue weighted by molar-refractivity contribution is 6.00. The summed E-state index contributed by atoms with van der Waals surface area (Å²) in [5.74, 6) is -2.54. The van der Waals surface area contributed by atoms with Gasteiger partial charge in [-0.1, -0.05) is 18.2 Å². The molecule has 0 saturated carbocycles. The minimum atomic E-state index is -1.01. The van der Waals surface area contributed by atoms with E-state index in [1.165, 1.54) is 21.8 Å². The Hall–Kier alpha value is -5.26. The highest BCUT2D eigenvalue weighted by Gasteiger charge is 2.35. The van der Waals surface area contributed by atoms with Crippen LogP contribution in [0, 0.1) is 11.6 Å². The summed E-state index contributed by atoms with van der Waals surface area (Å²) < 4.78 is 40.0. The van der Waals surface area contributed by atoms with Gasteiger partial charge in [0.2, 0.25) is 5.43 Å². The molecule has 0 atom stereocenters. The van der Waals surface area contributed by atoms with Crippen molar-refractivity contribution in [3.05, 3.63) is 117 Å². The van der Waals surface area contributed by atoms with Crippen LogP contribution in [0.1, 0.15) is 44.1 Å². The van der Waals surface area contributed by atoms with E-state index in [0.29, 0.717) is 30.4 Å². The molecule has 0 spiro atoms. The van der Waals surface area contributed by atoms with E-state index in [-0.39, 0.29) is 49.4 Å². The maximum atomic E-state index is 14.1. The number of pyridine rings is 2. The molecule has 0 unspecified atom stereocenters. The molecule has 1 amide bonds. The van der Waals surface area contributed by atoms with Crippen LogP contribution in [-0.4, -0.2) is 51.2 Å². The van der Waals surface area contributed by atoms with Crippen LogP contribution < -0.4 is 19.9 Å². The van der Waals surface area contributed by atoms with E-state index in [4.69, 9.17) is 9.47 Å². The first kappa shape index (κ1) is 27.9. The summed E-state index contributed by atoms with van der Waals surface area (Å²) in [5.41, 5.74) is -0.180. The fourth-order valence-corrected chi connectivity index (χ4v) is 5.13. The second-order valence-corrected chi connectivity index (χ2v) is 10.2. The van der Waals surface area contributed by atoms with Crippen LogP contribution in [0.25, 0.3) is 0 Å². The van der Waals surface area contributed by atoms with Crippen LogP contribution in [0.5, 0.6) is 17.2 Å². The maximum absolute atomic E-state index is 14.1. The summed E-state index contributed by atoms with van der Waals surface area (Å²) in [6.45, 7) is 1.19. The van der Waals surface area contributed by atoms with Crippen LogP contribution in [0.3, 0.4) is 0 Å². The van der Waals surface area contributed by atoms with Crippen molar-refractivity contribution >= 4 is 11.7 Å². The number of rotatable bonds is 8. The Balaban J connectivity index is 1.33. The van der Waals surface area contributed by atoms with Gasteiger partial charge in [-0.15, -0.1) is 0 Å². The number of amides is 1. The van der Waals surface area contributed by atoms with Crippen molar-refractivity contribution in [1.82, 2.24) is 14.6 Å². The van der Waals surface area contributed by atoms with Crippen molar-refractivity contribution in [1.29, 1.82) is 0 Å². The maximum Gasteiger partial charge on any atom is 0.278 e. The fourth-order valence-electron chi connectivity index (χ4n) is 5.13. The molecule has 0 fully saturated rings. The summed E-state index contributed by atoms with van der Waals surface area (Å²) >= 11 is 0. The molecule has 10 nitrogen and oxygen atoms in total. The zero-order chi connectivity index (χ0) is 30.1. The first-order valence-electron chi connectivity index (χ1n) is 13.6. The van der Waals surface area contributed by atoms with Crippen LogP contribution >= 0.6 is 0 Å². The second-order valence-electron chi connectivity index (χ2n) is 10.2. The number of ketones is 1. The van der Waals surface area contributed by atoms with Gasteiger partial charge in [0.05, 0.1) is 17.8 Å². The van der Waals surface area contributed by atoms with Crippen molar-refractivity contribution in [3.63, 3.8) is 0 Å². The van der Waals surface area contributed by atoms with Gasteiger partial charge in [-0.2, -0.15) is 0 Å². The van der Waals surface area contributed by atoms with Gasteiger partial charge in [-0.05, 0) is 47.9 Å². The van der Waals surface area contributed by atoms with E-state index in [1.807, 2.05) is 0 Å². The topological polar surface area (TPSA) is 114 Å². The summed E-state index contributed by atoms with van der Waals surface area (Å²) in [5, 5.41) is 12.7. The molecular formula is C31H26F2N4O6. The van der Waals surface area contributed by atoms with Crippen LogP contribution in [0.15, 0.2) is 71.8 Å². The van der Waals surface area contributed by atoms with Gasteiger partial charge in [0, 0.05) is 31.4 Å². The molecule has 1 N–H and O–H groups in total. The highest BCUT2D eigenvalue weighted by atomic mass is 19.1. The van der Waals surface area contributed by atoms with Crippen molar-refractivity contribution < 1.29 is 33.0 Å². The number of Topliss-reactive ketones (excluding diaryl/α,β-unsaturated/α-hetero) is 1. The monoisotopic (exact) mass is 588 g/mol. The summed E-state index contributed by atoms with van der Waals surface area (Å²) in [7, 11) is 0. The number of carbonyl (C=O) groups excluding carboxylic acids is 2. The van der Waals surface area contributed by atoms with Gasteiger partial charge >= 0.3 is 0 Å². The summed E-state index contributed by atoms with van der Waals surface area (Å²) in [4.78, 5) is 45.9. The first-order valence-corrected chi connectivity index (χ1v) is 13.6. The molecule has 2 aromatic carbocycles. The number of aromatic hydroxyl groups is 1. The van der Waals surface area contributed by atoms with E-state index >= 15 is 0 Å². The standard InChI is InChI=1S/C31H26F2N4O6/c32-21-7-5-20(24(33)14-21)6-8-25(38)23-17-37-28(30(40)29(23)39)31(41)35(18-36(37)16-22-3-1-2-10-34-22)15-19-4-9-26-27(13-19)43-12-11-42-26/h1-5,7,9-10,13-14,17,40H,6,8,11-12,15-16,18H2. The summed E-state index contributed by atoms with van der Waals surface area (Å²) in [6, 6.07) is 13.7. The minimum absolute atomic E-state index is 0.0353. The molecule has 220 valence electrons. The van der Waals surface area contributed by atoms with Crippen LogP contribution in [-0.2, 0) is 19.5 Å². The minimum Gasteiger partial charge on any atom is -0.502 e. The van der Waals surface area contributed by atoms with Crippen molar-refractivity contribution in [3.8, 4) is 17.2 Å². The Morgan fingerprint density at radius 2 is 1.79 bits per heavy atom. The lowest BCUT2D eigenvalue weighted by Crippen LogP contribution is -2.53. The zero-order valence-corrected chi connectivity index (χ0v) is 22.8. The lowest BCUT2D eigenvalue weighted by molar-refractivity contribution is 0.0668. The number of halogens is 2. The molecule has 0 bridgehead atoms. The quantitative estimate of drug-likeness (QED) is 0.311. The molecule has 4 aromatic rings. The molecule has 4 heterocycles. The Labute approximate surface area is 244 Å². The molecule has 0 radical (unpaired) electrons. The molecule has 2 aliphatic rings. The molecule has 0 aliphatic carbocycles. The second kappa shape index (κ2) is 11.6. The normalized spacial score (nSPS) is 14.0. The summed E-state index contributed by atoms with van der Waals surface area (Å²) in [6.07, 6.45) is 2.47. The molecule has 2 aliphatic heterocycles. The van der Waals surface area contributed by atoms with Gasteiger partial charge in [-0.25, -0.2) is 8.78 Å². The molecule has 0 saturated heterocycles. The number of hydrogen-bond acceptors (Lipinski definition) is 8. The van der Waals surface area contributed by atoms with Crippen LogP contribution in [0.2, 0.25) is 0 Å². The van der Waals surface area contributed by atoms with E-state index in [2.05, 4.69) is 4.98 Å². The van der Waals surface area contributed by atoms with Crippen molar-refractivity contribution in [2.45, 2.75) is 25.9 Å². The van der Waals surface area contributed by atoms with Gasteiger partial charge in [0.25, 0.3) is 5.91 Å². The number of benzene rings is 2. The Morgan fingerprint density at radius 3 is 2.56 bits per heavy atom. The fraction of sp³-hybridized carbons (Fsp3) is 0.226.